The summed E-state index contributed by atoms with van der Waals surface area (Å²) in [6, 6.07) is 8.94. The lowest BCUT2D eigenvalue weighted by Gasteiger charge is -2.36. The molecule has 1 unspecified atom stereocenters. The van der Waals surface area contributed by atoms with Gasteiger partial charge in [-0.2, -0.15) is 11.3 Å². The number of ether oxygens (including phenoxy) is 1. The van der Waals surface area contributed by atoms with Gasteiger partial charge in [0.2, 0.25) is 0 Å². The number of amides is 2. The van der Waals surface area contributed by atoms with Crippen LogP contribution in [-0.2, 0) is 0 Å². The first-order valence-corrected chi connectivity index (χ1v) is 12.2. The number of carbonyl (C=O) groups is 2. The summed E-state index contributed by atoms with van der Waals surface area (Å²) in [6.07, 6.45) is -5.43. The number of thiophene rings is 1. The van der Waals surface area contributed by atoms with Gasteiger partial charge in [0.15, 0.2) is 0 Å². The van der Waals surface area contributed by atoms with Gasteiger partial charge in [0.05, 0.1) is 11.7 Å². The third kappa shape index (κ3) is 5.35. The summed E-state index contributed by atoms with van der Waals surface area (Å²) in [5.74, 6) is -0.661. The van der Waals surface area contributed by atoms with Crippen LogP contribution in [0.3, 0.4) is 0 Å². The van der Waals surface area contributed by atoms with Gasteiger partial charge in [-0.05, 0) is 62.4 Å². The molecule has 0 fully saturated rings. The van der Waals surface area contributed by atoms with E-state index in [9.17, 15) is 27.9 Å². The molecule has 0 saturated carbocycles. The van der Waals surface area contributed by atoms with Crippen molar-refractivity contribution in [2.45, 2.75) is 45.1 Å². The van der Waals surface area contributed by atoms with Crippen LogP contribution in [0.1, 0.15) is 43.7 Å². The second kappa shape index (κ2) is 9.53. The Morgan fingerprint density at radius 3 is 2.58 bits per heavy atom. The second-order valence-electron chi connectivity index (χ2n) is 9.51. The summed E-state index contributed by atoms with van der Waals surface area (Å²) in [4.78, 5) is 26.1. The van der Waals surface area contributed by atoms with E-state index in [0.29, 0.717) is 35.5 Å². The molecule has 2 amide bonds. The minimum atomic E-state index is -4.83. The Kier molecular flexibility index (Phi) is 6.78. The van der Waals surface area contributed by atoms with E-state index < -0.39 is 18.0 Å². The molecule has 1 atom stereocenters. The van der Waals surface area contributed by atoms with E-state index in [1.54, 1.807) is 12.1 Å². The highest BCUT2D eigenvalue weighted by atomic mass is 32.1. The second-order valence-corrected chi connectivity index (χ2v) is 10.3. The number of carbonyl (C=O) groups excluding carboxylic acids is 1. The average molecular weight is 522 g/mol. The number of fused-ring (bicyclic) bond motifs is 1. The molecule has 0 saturated heterocycles. The van der Waals surface area contributed by atoms with Gasteiger partial charge < -0.3 is 24.6 Å². The summed E-state index contributed by atoms with van der Waals surface area (Å²) in [6.45, 7) is 5.98. The molecule has 0 spiro atoms. The molecule has 4 rings (SSSR count). The summed E-state index contributed by atoms with van der Waals surface area (Å²) in [7, 11) is 0. The van der Waals surface area contributed by atoms with Crippen LogP contribution in [0.4, 0.5) is 18.0 Å². The van der Waals surface area contributed by atoms with Gasteiger partial charge in [-0.3, -0.25) is 4.79 Å². The number of halogens is 3. The third-order valence-electron chi connectivity index (χ3n) is 6.03. The molecule has 192 valence electrons. The molecule has 2 aromatic heterocycles. The summed E-state index contributed by atoms with van der Waals surface area (Å²) >= 11 is 1.46. The standard InChI is InChI=1S/C25H26F3N3O4S/c1-24(2,3)30(23(33)34)9-7-17-13-29-22(32)20-12-19(21(31(17)20)16-8-10-36-14-16)15-5-4-6-18(11-15)35-25(26,27)28/h4-6,8,10-12,14,17H,7,9,13H2,1-3H3,(H,29,32)(H,33,34). The number of nitrogens with zero attached hydrogens (tertiary/aromatic N) is 2. The first-order valence-electron chi connectivity index (χ1n) is 11.3. The van der Waals surface area contributed by atoms with Crippen LogP contribution in [0.15, 0.2) is 47.2 Å². The van der Waals surface area contributed by atoms with Crippen molar-refractivity contribution in [2.75, 3.05) is 13.1 Å². The van der Waals surface area contributed by atoms with Crippen LogP contribution in [0.25, 0.3) is 22.4 Å². The number of hydrogen-bond donors (Lipinski definition) is 2. The molecule has 11 heteroatoms. The highest BCUT2D eigenvalue weighted by Crippen LogP contribution is 2.41. The molecular weight excluding hydrogens is 495 g/mol. The first kappa shape index (κ1) is 25.6. The number of alkyl halides is 3. The van der Waals surface area contributed by atoms with E-state index in [4.69, 9.17) is 0 Å². The molecule has 7 nitrogen and oxygen atoms in total. The smallest absolute Gasteiger partial charge is 0.465 e. The maximum Gasteiger partial charge on any atom is 0.573 e. The summed E-state index contributed by atoms with van der Waals surface area (Å²) in [5.41, 5.74) is 2.31. The van der Waals surface area contributed by atoms with Gasteiger partial charge in [-0.25, -0.2) is 4.79 Å². The Hall–Kier alpha value is -3.47. The van der Waals surface area contributed by atoms with Gasteiger partial charge in [0.25, 0.3) is 5.91 Å². The Labute approximate surface area is 210 Å². The average Bonchev–Trinajstić information content (AvgIpc) is 3.41. The highest BCUT2D eigenvalue weighted by molar-refractivity contribution is 7.08. The predicted octanol–water partition coefficient (Wildman–Crippen LogP) is 6.24. The van der Waals surface area contributed by atoms with Crippen molar-refractivity contribution in [3.8, 4) is 28.1 Å². The monoisotopic (exact) mass is 521 g/mol. The molecule has 2 N–H and O–H groups in total. The number of rotatable bonds is 6. The van der Waals surface area contributed by atoms with E-state index >= 15 is 0 Å². The molecule has 36 heavy (non-hydrogen) atoms. The molecule has 1 aromatic carbocycles. The van der Waals surface area contributed by atoms with Crippen molar-refractivity contribution < 1.29 is 32.6 Å². The van der Waals surface area contributed by atoms with E-state index in [1.807, 2.05) is 42.2 Å². The zero-order chi connectivity index (χ0) is 26.3. The van der Waals surface area contributed by atoms with Crippen molar-refractivity contribution in [1.29, 1.82) is 0 Å². The molecule has 0 bridgehead atoms. The summed E-state index contributed by atoms with van der Waals surface area (Å²) in [5, 5.41) is 16.3. The SMILES string of the molecule is CC(C)(C)N(CCC1CNC(=O)c2cc(-c3cccc(OC(F)(F)F)c3)c(-c3ccsc3)n21)C(=O)O. The van der Waals surface area contributed by atoms with E-state index in [0.717, 1.165) is 5.56 Å². The van der Waals surface area contributed by atoms with Crippen molar-refractivity contribution >= 4 is 23.3 Å². The molecule has 3 aromatic rings. The van der Waals surface area contributed by atoms with Crippen LogP contribution >= 0.6 is 11.3 Å². The molecule has 1 aliphatic heterocycles. The van der Waals surface area contributed by atoms with E-state index in [-0.39, 0.29) is 24.2 Å². The van der Waals surface area contributed by atoms with Crippen molar-refractivity contribution in [1.82, 2.24) is 14.8 Å². The van der Waals surface area contributed by atoms with Crippen molar-refractivity contribution in [3.63, 3.8) is 0 Å². The van der Waals surface area contributed by atoms with E-state index in [2.05, 4.69) is 10.1 Å². The minimum Gasteiger partial charge on any atom is -0.465 e. The van der Waals surface area contributed by atoms with Crippen LogP contribution in [0, 0.1) is 0 Å². The van der Waals surface area contributed by atoms with Gasteiger partial charge in [0, 0.05) is 35.1 Å². The van der Waals surface area contributed by atoms with Crippen LogP contribution in [0.2, 0.25) is 0 Å². The third-order valence-corrected chi connectivity index (χ3v) is 6.72. The van der Waals surface area contributed by atoms with Crippen LogP contribution in [-0.4, -0.2) is 51.6 Å². The number of aromatic nitrogens is 1. The van der Waals surface area contributed by atoms with Gasteiger partial charge in [-0.15, -0.1) is 13.2 Å². The quantitative estimate of drug-likeness (QED) is 0.403. The fraction of sp³-hybridized carbons (Fsp3) is 0.360. The largest absolute Gasteiger partial charge is 0.573 e. The lowest BCUT2D eigenvalue weighted by molar-refractivity contribution is -0.274. The molecule has 0 aliphatic carbocycles. The zero-order valence-electron chi connectivity index (χ0n) is 19.9. The number of hydrogen-bond acceptors (Lipinski definition) is 4. The van der Waals surface area contributed by atoms with Gasteiger partial charge in [-0.1, -0.05) is 12.1 Å². The fourth-order valence-electron chi connectivity index (χ4n) is 4.47. The number of carboxylic acid groups (broad SMARTS) is 1. The predicted molar refractivity (Wildman–Crippen MR) is 130 cm³/mol. The number of benzene rings is 1. The fourth-order valence-corrected chi connectivity index (χ4v) is 5.11. The Morgan fingerprint density at radius 2 is 1.97 bits per heavy atom. The topological polar surface area (TPSA) is 83.8 Å². The molecular formula is C25H26F3N3O4S. The van der Waals surface area contributed by atoms with Crippen LogP contribution in [0.5, 0.6) is 5.75 Å². The lowest BCUT2D eigenvalue weighted by atomic mass is 10.0. The minimum absolute atomic E-state index is 0.240. The lowest BCUT2D eigenvalue weighted by Crippen LogP contribution is -2.47. The summed E-state index contributed by atoms with van der Waals surface area (Å²) < 4.78 is 44.5. The molecule has 3 heterocycles. The Bertz CT molecular complexity index is 1260. The van der Waals surface area contributed by atoms with Crippen molar-refractivity contribution in [3.05, 3.63) is 52.9 Å². The van der Waals surface area contributed by atoms with E-state index in [1.165, 1.54) is 34.4 Å². The van der Waals surface area contributed by atoms with Crippen LogP contribution < -0.4 is 10.1 Å². The highest BCUT2D eigenvalue weighted by Gasteiger charge is 2.34. The van der Waals surface area contributed by atoms with Gasteiger partial charge in [0.1, 0.15) is 11.4 Å². The van der Waals surface area contributed by atoms with Gasteiger partial charge >= 0.3 is 12.5 Å². The maximum atomic E-state index is 12.9. The molecule has 0 radical (unpaired) electrons. The normalized spacial score (nSPS) is 15.8. The first-order chi connectivity index (χ1) is 16.8. The Morgan fingerprint density at radius 1 is 1.22 bits per heavy atom. The maximum absolute atomic E-state index is 12.9. The molecule has 1 aliphatic rings. The van der Waals surface area contributed by atoms with Crippen molar-refractivity contribution in [2.24, 2.45) is 0 Å². The Balaban J connectivity index is 1.80. The zero-order valence-corrected chi connectivity index (χ0v) is 20.7. The number of nitrogens with one attached hydrogen (secondary N) is 1.